The summed E-state index contributed by atoms with van der Waals surface area (Å²) in [7, 11) is -1.03. The molecular weight excluding hydrogens is 136 g/mol. The van der Waals surface area contributed by atoms with Crippen molar-refractivity contribution in [2.45, 2.75) is 26.6 Å². The number of rotatable bonds is 1. The Balaban J connectivity index is 4.03. The number of hydrogen-bond donors (Lipinski definition) is 0. The molecule has 0 fully saturated rings. The SMILES string of the molecule is C/C(=C/Cl)[Si](C)(C)C. The highest BCUT2D eigenvalue weighted by molar-refractivity contribution is 6.83. The van der Waals surface area contributed by atoms with Crippen LogP contribution in [0.4, 0.5) is 0 Å². The second-order valence-corrected chi connectivity index (χ2v) is 8.55. The van der Waals surface area contributed by atoms with E-state index < -0.39 is 8.07 Å². The molecule has 0 nitrogen and oxygen atoms in total. The lowest BCUT2D eigenvalue weighted by Crippen LogP contribution is -2.21. The zero-order chi connectivity index (χ0) is 6.78. The highest BCUT2D eigenvalue weighted by Crippen LogP contribution is 2.13. The van der Waals surface area contributed by atoms with Crippen LogP contribution < -0.4 is 0 Å². The third-order valence-corrected chi connectivity index (χ3v) is 4.37. The molecule has 0 aromatic carbocycles. The smallest absolute Gasteiger partial charge is 0.0732 e. The van der Waals surface area contributed by atoms with Crippen molar-refractivity contribution in [3.05, 3.63) is 10.7 Å². The molecule has 0 aromatic rings. The van der Waals surface area contributed by atoms with Crippen LogP contribution in [0, 0.1) is 0 Å². The van der Waals surface area contributed by atoms with Crippen LogP contribution in [-0.2, 0) is 0 Å². The van der Waals surface area contributed by atoms with Gasteiger partial charge < -0.3 is 0 Å². The van der Waals surface area contributed by atoms with Gasteiger partial charge in [-0.25, -0.2) is 0 Å². The molecule has 0 spiro atoms. The fourth-order valence-corrected chi connectivity index (χ4v) is 1.47. The first-order chi connectivity index (χ1) is 3.48. The van der Waals surface area contributed by atoms with E-state index >= 15 is 0 Å². The third kappa shape index (κ3) is 2.53. The molecule has 0 aliphatic heterocycles. The summed E-state index contributed by atoms with van der Waals surface area (Å²) in [6, 6.07) is 0. The first kappa shape index (κ1) is 8.25. The van der Waals surface area contributed by atoms with Gasteiger partial charge in [0.15, 0.2) is 0 Å². The lowest BCUT2D eigenvalue weighted by molar-refractivity contribution is 1.55. The van der Waals surface area contributed by atoms with E-state index in [0.717, 1.165) is 0 Å². The van der Waals surface area contributed by atoms with Crippen molar-refractivity contribution in [1.82, 2.24) is 0 Å². The molecule has 48 valence electrons. The van der Waals surface area contributed by atoms with Crippen LogP contribution in [0.25, 0.3) is 0 Å². The maximum absolute atomic E-state index is 5.51. The minimum absolute atomic E-state index is 1.03. The summed E-state index contributed by atoms with van der Waals surface area (Å²) < 4.78 is 0. The standard InChI is InChI=1S/C6H13ClSi/c1-6(5-7)8(2,3)4/h5H,1-4H3/b6-5-. The molecular formula is C6H13ClSi. The van der Waals surface area contributed by atoms with Crippen LogP contribution >= 0.6 is 11.6 Å². The second-order valence-electron chi connectivity index (χ2n) is 3.04. The van der Waals surface area contributed by atoms with Crippen molar-refractivity contribution in [2.24, 2.45) is 0 Å². The van der Waals surface area contributed by atoms with Gasteiger partial charge in [0.25, 0.3) is 0 Å². The van der Waals surface area contributed by atoms with Crippen molar-refractivity contribution < 1.29 is 0 Å². The summed E-state index contributed by atoms with van der Waals surface area (Å²) >= 11 is 5.51. The van der Waals surface area contributed by atoms with Gasteiger partial charge in [-0.2, -0.15) is 0 Å². The molecule has 0 radical (unpaired) electrons. The number of allylic oxidation sites excluding steroid dienone is 1. The minimum Gasteiger partial charge on any atom is -0.0934 e. The molecule has 0 saturated heterocycles. The van der Waals surface area contributed by atoms with Gasteiger partial charge in [0, 0.05) is 0 Å². The molecule has 2 heteroatoms. The Morgan fingerprint density at radius 2 is 1.75 bits per heavy atom. The van der Waals surface area contributed by atoms with Crippen molar-refractivity contribution in [3.63, 3.8) is 0 Å². The Morgan fingerprint density at radius 3 is 1.75 bits per heavy atom. The second kappa shape index (κ2) is 2.69. The summed E-state index contributed by atoms with van der Waals surface area (Å²) in [6.45, 7) is 8.93. The number of halogens is 1. The van der Waals surface area contributed by atoms with Gasteiger partial charge in [0.1, 0.15) is 0 Å². The van der Waals surface area contributed by atoms with E-state index in [1.807, 2.05) is 0 Å². The molecule has 8 heavy (non-hydrogen) atoms. The van der Waals surface area contributed by atoms with Gasteiger partial charge in [-0.1, -0.05) is 36.4 Å². The summed E-state index contributed by atoms with van der Waals surface area (Å²) in [4.78, 5) is 0. The largest absolute Gasteiger partial charge is 0.0934 e. The molecule has 0 heterocycles. The van der Waals surface area contributed by atoms with Gasteiger partial charge in [-0.15, -0.1) is 0 Å². The summed E-state index contributed by atoms with van der Waals surface area (Å²) in [5.74, 6) is 0. The monoisotopic (exact) mass is 148 g/mol. The molecule has 0 bridgehead atoms. The molecule has 0 atom stereocenters. The van der Waals surface area contributed by atoms with E-state index in [1.165, 1.54) is 5.20 Å². The van der Waals surface area contributed by atoms with Crippen molar-refractivity contribution in [2.75, 3.05) is 0 Å². The topological polar surface area (TPSA) is 0 Å². The third-order valence-electron chi connectivity index (χ3n) is 1.35. The van der Waals surface area contributed by atoms with Crippen molar-refractivity contribution in [1.29, 1.82) is 0 Å². The van der Waals surface area contributed by atoms with Gasteiger partial charge >= 0.3 is 0 Å². The van der Waals surface area contributed by atoms with Crippen LogP contribution in [0.2, 0.25) is 19.6 Å². The van der Waals surface area contributed by atoms with Gasteiger partial charge in [0.05, 0.1) is 8.07 Å². The maximum Gasteiger partial charge on any atom is 0.0732 e. The van der Waals surface area contributed by atoms with Gasteiger partial charge in [0.2, 0.25) is 0 Å². The lowest BCUT2D eigenvalue weighted by atomic mass is 10.7. The molecule has 0 aliphatic carbocycles. The molecule has 0 N–H and O–H groups in total. The van der Waals surface area contributed by atoms with E-state index in [1.54, 1.807) is 5.54 Å². The average Bonchev–Trinajstić information content (AvgIpc) is 1.62. The molecule has 0 amide bonds. The fourth-order valence-electron chi connectivity index (χ4n) is 0.164. The summed E-state index contributed by atoms with van der Waals surface area (Å²) in [5.41, 5.74) is 1.70. The van der Waals surface area contributed by atoms with Crippen molar-refractivity contribution >= 4 is 19.7 Å². The van der Waals surface area contributed by atoms with Crippen LogP contribution in [0.5, 0.6) is 0 Å². The zero-order valence-corrected chi connectivity index (χ0v) is 7.71. The molecule has 0 unspecified atom stereocenters. The van der Waals surface area contributed by atoms with Crippen LogP contribution in [0.3, 0.4) is 0 Å². The van der Waals surface area contributed by atoms with Gasteiger partial charge in [-0.3, -0.25) is 0 Å². The van der Waals surface area contributed by atoms with Crippen LogP contribution in [0.1, 0.15) is 6.92 Å². The molecule has 0 aromatic heterocycles. The highest BCUT2D eigenvalue weighted by Gasteiger charge is 2.13. The Labute approximate surface area is 57.6 Å². The lowest BCUT2D eigenvalue weighted by Gasteiger charge is -2.14. The van der Waals surface area contributed by atoms with Crippen molar-refractivity contribution in [3.8, 4) is 0 Å². The minimum atomic E-state index is -1.03. The summed E-state index contributed by atoms with van der Waals surface area (Å²) in [6.07, 6.45) is 0. The Hall–Kier alpha value is 0.247. The Morgan fingerprint density at radius 1 is 1.38 bits per heavy atom. The quantitative estimate of drug-likeness (QED) is 0.502. The normalized spacial score (nSPS) is 14.4. The molecule has 0 saturated carbocycles. The first-order valence-corrected chi connectivity index (χ1v) is 6.69. The van der Waals surface area contributed by atoms with Crippen LogP contribution in [0.15, 0.2) is 10.7 Å². The molecule has 0 aliphatic rings. The van der Waals surface area contributed by atoms with E-state index in [2.05, 4.69) is 26.6 Å². The van der Waals surface area contributed by atoms with E-state index in [0.29, 0.717) is 0 Å². The predicted octanol–water partition coefficient (Wildman–Crippen LogP) is 3.01. The highest BCUT2D eigenvalue weighted by atomic mass is 35.5. The average molecular weight is 149 g/mol. The Bertz CT molecular complexity index is 99.6. The van der Waals surface area contributed by atoms with E-state index in [-0.39, 0.29) is 0 Å². The van der Waals surface area contributed by atoms with Gasteiger partial charge in [-0.05, 0) is 12.5 Å². The maximum atomic E-state index is 5.51. The first-order valence-electron chi connectivity index (χ1n) is 2.76. The Kier molecular flexibility index (Phi) is 2.78. The van der Waals surface area contributed by atoms with Crippen LogP contribution in [-0.4, -0.2) is 8.07 Å². The fraction of sp³-hybridized carbons (Fsp3) is 0.667. The predicted molar refractivity (Wildman–Crippen MR) is 43.0 cm³/mol. The van der Waals surface area contributed by atoms with E-state index in [4.69, 9.17) is 11.6 Å². The molecule has 0 rings (SSSR count). The zero-order valence-electron chi connectivity index (χ0n) is 5.96. The number of hydrogen-bond acceptors (Lipinski definition) is 0. The summed E-state index contributed by atoms with van der Waals surface area (Å²) in [5, 5.41) is 1.36. The van der Waals surface area contributed by atoms with E-state index in [9.17, 15) is 0 Å².